The number of urea groups is 1. The second kappa shape index (κ2) is 8.64. The summed E-state index contributed by atoms with van der Waals surface area (Å²) in [6.45, 7) is 0. The first-order valence-corrected chi connectivity index (χ1v) is 8.56. The molecule has 0 aliphatic heterocycles. The van der Waals surface area contributed by atoms with Crippen molar-refractivity contribution in [2.75, 3.05) is 17.7 Å². The Morgan fingerprint density at radius 3 is 1.89 bits per heavy atom. The maximum absolute atomic E-state index is 12.1. The number of carbonyl (C=O) groups is 1. The van der Waals surface area contributed by atoms with Gasteiger partial charge in [0.25, 0.3) is 0 Å². The molecule has 0 saturated heterocycles. The highest BCUT2D eigenvalue weighted by Crippen LogP contribution is 2.25. The lowest BCUT2D eigenvalue weighted by Crippen LogP contribution is -2.19. The predicted octanol–water partition coefficient (Wildman–Crippen LogP) is 4.92. The highest BCUT2D eigenvalue weighted by molar-refractivity contribution is 5.99. The van der Waals surface area contributed by atoms with Crippen LogP contribution in [-0.4, -0.2) is 23.4 Å². The molecule has 2 amide bonds. The van der Waals surface area contributed by atoms with Gasteiger partial charge < -0.3 is 25.6 Å². The van der Waals surface area contributed by atoms with E-state index in [0.717, 1.165) is 16.9 Å². The van der Waals surface area contributed by atoms with Crippen molar-refractivity contribution in [3.05, 3.63) is 77.9 Å². The standard InChI is InChI=1S/C22H20N2O4/c1-28-19-11-9-18(10-12-19)24-22(27)23-17-7-4-15(5-8-17)2-3-16-6-13-20(25)21(26)14-16/h2-14,25-26H,1H3,(H2,23,24,27)/b3-2+. The van der Waals surface area contributed by atoms with Gasteiger partial charge >= 0.3 is 6.03 Å². The first kappa shape index (κ1) is 18.8. The van der Waals surface area contributed by atoms with Crippen LogP contribution in [0.3, 0.4) is 0 Å². The zero-order chi connectivity index (χ0) is 19.9. The van der Waals surface area contributed by atoms with E-state index in [2.05, 4.69) is 10.6 Å². The van der Waals surface area contributed by atoms with Crippen molar-refractivity contribution >= 4 is 29.6 Å². The minimum absolute atomic E-state index is 0.152. The molecule has 6 heteroatoms. The lowest BCUT2D eigenvalue weighted by atomic mass is 10.1. The van der Waals surface area contributed by atoms with Crippen LogP contribution >= 0.6 is 0 Å². The van der Waals surface area contributed by atoms with Crippen LogP contribution in [0, 0.1) is 0 Å². The van der Waals surface area contributed by atoms with Crippen molar-refractivity contribution in [2.24, 2.45) is 0 Å². The summed E-state index contributed by atoms with van der Waals surface area (Å²) in [4.78, 5) is 12.1. The van der Waals surface area contributed by atoms with Crippen LogP contribution in [-0.2, 0) is 0 Å². The van der Waals surface area contributed by atoms with E-state index in [1.54, 1.807) is 49.6 Å². The van der Waals surface area contributed by atoms with E-state index in [-0.39, 0.29) is 17.5 Å². The first-order chi connectivity index (χ1) is 13.5. The molecule has 0 fully saturated rings. The number of anilines is 2. The number of methoxy groups -OCH3 is 1. The lowest BCUT2D eigenvalue weighted by molar-refractivity contribution is 0.262. The summed E-state index contributed by atoms with van der Waals surface area (Å²) in [5, 5.41) is 24.4. The minimum atomic E-state index is -0.340. The molecule has 0 atom stereocenters. The molecule has 0 aromatic heterocycles. The molecule has 0 bridgehead atoms. The monoisotopic (exact) mass is 376 g/mol. The highest BCUT2D eigenvalue weighted by atomic mass is 16.5. The van der Waals surface area contributed by atoms with E-state index in [1.165, 1.54) is 12.1 Å². The number of amides is 2. The molecule has 6 nitrogen and oxygen atoms in total. The van der Waals surface area contributed by atoms with E-state index in [4.69, 9.17) is 4.74 Å². The summed E-state index contributed by atoms with van der Waals surface area (Å²) < 4.78 is 5.08. The van der Waals surface area contributed by atoms with Crippen LogP contribution in [0.4, 0.5) is 16.2 Å². The van der Waals surface area contributed by atoms with Gasteiger partial charge in [-0.05, 0) is 59.7 Å². The second-order valence-electron chi connectivity index (χ2n) is 6.01. The van der Waals surface area contributed by atoms with Crippen molar-refractivity contribution in [1.82, 2.24) is 0 Å². The molecule has 0 heterocycles. The summed E-state index contributed by atoms with van der Waals surface area (Å²) in [6, 6.07) is 18.6. The fraction of sp³-hybridized carbons (Fsp3) is 0.0455. The number of phenolic OH excluding ortho intramolecular Hbond substituents is 2. The molecule has 28 heavy (non-hydrogen) atoms. The summed E-state index contributed by atoms with van der Waals surface area (Å²) in [6.07, 6.45) is 3.69. The average Bonchev–Trinajstić information content (AvgIpc) is 2.70. The largest absolute Gasteiger partial charge is 0.504 e. The molecule has 0 aliphatic carbocycles. The quantitative estimate of drug-likeness (QED) is 0.376. The number of carbonyl (C=O) groups excluding carboxylic acids is 1. The van der Waals surface area contributed by atoms with Gasteiger partial charge in [0.05, 0.1) is 7.11 Å². The maximum Gasteiger partial charge on any atom is 0.323 e. The molecule has 3 aromatic carbocycles. The number of nitrogens with one attached hydrogen (secondary N) is 2. The number of rotatable bonds is 5. The molecule has 0 radical (unpaired) electrons. The summed E-state index contributed by atoms with van der Waals surface area (Å²) >= 11 is 0. The topological polar surface area (TPSA) is 90.8 Å². The van der Waals surface area contributed by atoms with Crippen LogP contribution in [0.25, 0.3) is 12.2 Å². The zero-order valence-electron chi connectivity index (χ0n) is 15.2. The smallest absolute Gasteiger partial charge is 0.323 e. The summed E-state index contributed by atoms with van der Waals surface area (Å²) in [5.74, 6) is 0.405. The average molecular weight is 376 g/mol. The molecule has 4 N–H and O–H groups in total. The van der Waals surface area contributed by atoms with Crippen LogP contribution in [0.1, 0.15) is 11.1 Å². The number of benzene rings is 3. The number of aromatic hydroxyl groups is 2. The van der Waals surface area contributed by atoms with Gasteiger partial charge in [0.1, 0.15) is 5.75 Å². The minimum Gasteiger partial charge on any atom is -0.504 e. The van der Waals surface area contributed by atoms with E-state index in [1.807, 2.05) is 24.3 Å². The van der Waals surface area contributed by atoms with E-state index < -0.39 is 0 Å². The van der Waals surface area contributed by atoms with Crippen molar-refractivity contribution in [3.63, 3.8) is 0 Å². The maximum atomic E-state index is 12.1. The van der Waals surface area contributed by atoms with E-state index in [0.29, 0.717) is 11.4 Å². The second-order valence-corrected chi connectivity index (χ2v) is 6.01. The zero-order valence-corrected chi connectivity index (χ0v) is 15.2. The molecule has 0 unspecified atom stereocenters. The van der Waals surface area contributed by atoms with Crippen LogP contribution < -0.4 is 15.4 Å². The van der Waals surface area contributed by atoms with Crippen molar-refractivity contribution in [1.29, 1.82) is 0 Å². The Morgan fingerprint density at radius 2 is 1.32 bits per heavy atom. The van der Waals surface area contributed by atoms with Crippen LogP contribution in [0.5, 0.6) is 17.2 Å². The Morgan fingerprint density at radius 1 is 0.786 bits per heavy atom. The third-order valence-electron chi connectivity index (χ3n) is 3.98. The van der Waals surface area contributed by atoms with Gasteiger partial charge in [-0.2, -0.15) is 0 Å². The highest BCUT2D eigenvalue weighted by Gasteiger charge is 2.03. The lowest BCUT2D eigenvalue weighted by Gasteiger charge is -2.08. The van der Waals surface area contributed by atoms with Crippen molar-refractivity contribution < 1.29 is 19.7 Å². The molecule has 0 aliphatic rings. The molecule has 142 valence electrons. The van der Waals surface area contributed by atoms with Gasteiger partial charge in [0, 0.05) is 11.4 Å². The number of hydrogen-bond acceptors (Lipinski definition) is 4. The number of ether oxygens (including phenoxy) is 1. The summed E-state index contributed by atoms with van der Waals surface area (Å²) in [5.41, 5.74) is 3.01. The SMILES string of the molecule is COc1ccc(NC(=O)Nc2ccc(/C=C/c3ccc(O)c(O)c3)cc2)cc1. The van der Waals surface area contributed by atoms with Gasteiger partial charge in [-0.1, -0.05) is 30.4 Å². The normalized spacial score (nSPS) is 10.6. The van der Waals surface area contributed by atoms with E-state index >= 15 is 0 Å². The Hall–Kier alpha value is -3.93. The van der Waals surface area contributed by atoms with Crippen molar-refractivity contribution in [2.45, 2.75) is 0 Å². The van der Waals surface area contributed by atoms with Gasteiger partial charge in [-0.25, -0.2) is 4.79 Å². The predicted molar refractivity (Wildman–Crippen MR) is 111 cm³/mol. The Labute approximate surface area is 162 Å². The third-order valence-corrected chi connectivity index (χ3v) is 3.98. The number of hydrogen-bond donors (Lipinski definition) is 4. The molecule has 0 spiro atoms. The van der Waals surface area contributed by atoms with Crippen molar-refractivity contribution in [3.8, 4) is 17.2 Å². The van der Waals surface area contributed by atoms with E-state index in [9.17, 15) is 15.0 Å². The molecule has 3 rings (SSSR count). The molecular formula is C22H20N2O4. The van der Waals surface area contributed by atoms with Crippen LogP contribution in [0.2, 0.25) is 0 Å². The van der Waals surface area contributed by atoms with Gasteiger partial charge in [0.2, 0.25) is 0 Å². The Bertz CT molecular complexity index is 980. The Balaban J connectivity index is 1.58. The molecule has 0 saturated carbocycles. The van der Waals surface area contributed by atoms with Gasteiger partial charge in [-0.3, -0.25) is 0 Å². The van der Waals surface area contributed by atoms with Gasteiger partial charge in [-0.15, -0.1) is 0 Å². The fourth-order valence-electron chi connectivity index (χ4n) is 2.48. The molecule has 3 aromatic rings. The van der Waals surface area contributed by atoms with Crippen LogP contribution in [0.15, 0.2) is 66.7 Å². The molecular weight excluding hydrogens is 356 g/mol. The fourth-order valence-corrected chi connectivity index (χ4v) is 2.48. The third kappa shape index (κ3) is 5.04. The summed E-state index contributed by atoms with van der Waals surface area (Å²) in [7, 11) is 1.59. The number of phenols is 2. The Kier molecular flexibility index (Phi) is 5.81. The first-order valence-electron chi connectivity index (χ1n) is 8.56. The van der Waals surface area contributed by atoms with Gasteiger partial charge in [0.15, 0.2) is 11.5 Å².